The number of aryl methyl sites for hydroxylation is 2. The largest absolute Gasteiger partial charge is 0.345 e. The van der Waals surface area contributed by atoms with Crippen molar-refractivity contribution in [2.24, 2.45) is 0 Å². The molecule has 0 fully saturated rings. The Balaban J connectivity index is 2.11. The first kappa shape index (κ1) is 14.7. The summed E-state index contributed by atoms with van der Waals surface area (Å²) in [6.45, 7) is 5.67. The first-order chi connectivity index (χ1) is 9.52. The maximum Gasteiger partial charge on any atom is 0.255 e. The molecule has 0 bridgehead atoms. The van der Waals surface area contributed by atoms with E-state index in [2.05, 4.69) is 27.6 Å². The number of carbonyl (C=O) groups is 1. The molecule has 20 heavy (non-hydrogen) atoms. The van der Waals surface area contributed by atoms with Crippen LogP contribution in [0.3, 0.4) is 0 Å². The van der Waals surface area contributed by atoms with Gasteiger partial charge in [-0.1, -0.05) is 12.1 Å². The predicted molar refractivity (Wildman–Crippen MR) is 82.2 cm³/mol. The third-order valence-corrected chi connectivity index (χ3v) is 4.06. The van der Waals surface area contributed by atoms with Gasteiger partial charge in [0.05, 0.1) is 17.3 Å². The summed E-state index contributed by atoms with van der Waals surface area (Å²) < 4.78 is 0. The van der Waals surface area contributed by atoms with E-state index in [0.717, 1.165) is 17.0 Å². The van der Waals surface area contributed by atoms with E-state index >= 15 is 0 Å². The van der Waals surface area contributed by atoms with Gasteiger partial charge in [-0.15, -0.1) is 11.8 Å². The lowest BCUT2D eigenvalue weighted by Crippen LogP contribution is -2.27. The molecule has 0 aliphatic rings. The zero-order valence-electron chi connectivity index (χ0n) is 12.2. The Morgan fingerprint density at radius 2 is 1.95 bits per heavy atom. The Kier molecular flexibility index (Phi) is 4.49. The lowest BCUT2D eigenvalue weighted by atomic mass is 10.1. The summed E-state index contributed by atoms with van der Waals surface area (Å²) in [6, 6.07) is 8.19. The van der Waals surface area contributed by atoms with Crippen LogP contribution in [-0.4, -0.2) is 22.4 Å². The number of H-pyrrole nitrogens is 1. The SMILES string of the molecule is CSc1ccc(C(C)NC(=O)c2c(C)n[nH]c2C)cc1. The fourth-order valence-electron chi connectivity index (χ4n) is 2.13. The molecule has 0 aliphatic heterocycles. The van der Waals surface area contributed by atoms with Crippen LogP contribution >= 0.6 is 11.8 Å². The van der Waals surface area contributed by atoms with Gasteiger partial charge in [-0.3, -0.25) is 9.89 Å². The highest BCUT2D eigenvalue weighted by atomic mass is 32.2. The molecule has 1 heterocycles. The zero-order chi connectivity index (χ0) is 14.7. The topological polar surface area (TPSA) is 57.8 Å². The van der Waals surface area contributed by atoms with E-state index in [0.29, 0.717) is 5.56 Å². The van der Waals surface area contributed by atoms with Crippen molar-refractivity contribution in [2.75, 3.05) is 6.26 Å². The molecule has 0 saturated heterocycles. The van der Waals surface area contributed by atoms with Crippen LogP contribution in [0, 0.1) is 13.8 Å². The minimum absolute atomic E-state index is 0.0351. The summed E-state index contributed by atoms with van der Waals surface area (Å²) in [5.41, 5.74) is 3.25. The summed E-state index contributed by atoms with van der Waals surface area (Å²) in [5, 5.41) is 9.90. The van der Waals surface area contributed by atoms with Gasteiger partial charge < -0.3 is 5.32 Å². The molecule has 0 saturated carbocycles. The second-order valence-electron chi connectivity index (χ2n) is 4.78. The van der Waals surface area contributed by atoms with Crippen LogP contribution in [0.25, 0.3) is 0 Å². The molecule has 5 heteroatoms. The number of amides is 1. The fraction of sp³-hybridized carbons (Fsp3) is 0.333. The second kappa shape index (κ2) is 6.13. The molecule has 4 nitrogen and oxygen atoms in total. The van der Waals surface area contributed by atoms with Gasteiger partial charge in [0.25, 0.3) is 5.91 Å². The van der Waals surface area contributed by atoms with Gasteiger partial charge in [-0.2, -0.15) is 5.10 Å². The van der Waals surface area contributed by atoms with Crippen LogP contribution in [-0.2, 0) is 0 Å². The van der Waals surface area contributed by atoms with Crippen LogP contribution < -0.4 is 5.32 Å². The number of benzene rings is 1. The van der Waals surface area contributed by atoms with E-state index < -0.39 is 0 Å². The Morgan fingerprint density at radius 3 is 2.45 bits per heavy atom. The number of hydrogen-bond acceptors (Lipinski definition) is 3. The minimum Gasteiger partial charge on any atom is -0.345 e. The molecule has 0 radical (unpaired) electrons. The summed E-state index contributed by atoms with van der Waals surface area (Å²) in [5.74, 6) is -0.0878. The third kappa shape index (κ3) is 3.04. The van der Waals surface area contributed by atoms with Crippen LogP contribution in [0.1, 0.15) is 40.3 Å². The Bertz CT molecular complexity index is 585. The molecule has 2 rings (SSSR count). The van der Waals surface area contributed by atoms with Crippen LogP contribution in [0.2, 0.25) is 0 Å². The van der Waals surface area contributed by atoms with Crippen LogP contribution in [0.15, 0.2) is 29.2 Å². The van der Waals surface area contributed by atoms with Crippen molar-refractivity contribution in [3.63, 3.8) is 0 Å². The van der Waals surface area contributed by atoms with Crippen molar-refractivity contribution < 1.29 is 4.79 Å². The Hall–Kier alpha value is -1.75. The van der Waals surface area contributed by atoms with Crippen LogP contribution in [0.5, 0.6) is 0 Å². The lowest BCUT2D eigenvalue weighted by molar-refractivity contribution is 0.0938. The molecule has 1 aromatic carbocycles. The first-order valence-corrected chi connectivity index (χ1v) is 7.71. The number of aromatic nitrogens is 2. The van der Waals surface area contributed by atoms with Gasteiger partial charge in [-0.25, -0.2) is 0 Å². The summed E-state index contributed by atoms with van der Waals surface area (Å²) in [4.78, 5) is 13.5. The molecule has 0 spiro atoms. The zero-order valence-corrected chi connectivity index (χ0v) is 13.0. The number of nitrogens with zero attached hydrogens (tertiary/aromatic N) is 1. The summed E-state index contributed by atoms with van der Waals surface area (Å²) >= 11 is 1.71. The molecule has 1 atom stereocenters. The van der Waals surface area contributed by atoms with E-state index in [9.17, 15) is 4.79 Å². The molecule has 106 valence electrons. The van der Waals surface area contributed by atoms with Crippen molar-refractivity contribution in [3.8, 4) is 0 Å². The summed E-state index contributed by atoms with van der Waals surface area (Å²) in [7, 11) is 0. The predicted octanol–water partition coefficient (Wildman–Crippen LogP) is 3.24. The number of aromatic amines is 1. The normalized spacial score (nSPS) is 12.2. The van der Waals surface area contributed by atoms with Gasteiger partial charge in [0, 0.05) is 10.6 Å². The number of carbonyl (C=O) groups excluding carboxylic acids is 1. The average molecular weight is 289 g/mol. The number of hydrogen-bond donors (Lipinski definition) is 2. The highest BCUT2D eigenvalue weighted by Crippen LogP contribution is 2.19. The molecule has 2 N–H and O–H groups in total. The quantitative estimate of drug-likeness (QED) is 0.850. The highest BCUT2D eigenvalue weighted by molar-refractivity contribution is 7.98. The van der Waals surface area contributed by atoms with Crippen molar-refractivity contribution >= 4 is 17.7 Å². The van der Waals surface area contributed by atoms with E-state index in [-0.39, 0.29) is 11.9 Å². The minimum atomic E-state index is -0.0878. The molecule has 1 aromatic heterocycles. The van der Waals surface area contributed by atoms with Crippen molar-refractivity contribution in [3.05, 3.63) is 46.8 Å². The average Bonchev–Trinajstić information content (AvgIpc) is 2.78. The van der Waals surface area contributed by atoms with E-state index in [1.165, 1.54) is 4.90 Å². The van der Waals surface area contributed by atoms with Gasteiger partial charge in [0.15, 0.2) is 0 Å². The third-order valence-electron chi connectivity index (χ3n) is 3.32. The molecule has 1 amide bonds. The van der Waals surface area contributed by atoms with E-state index in [4.69, 9.17) is 0 Å². The lowest BCUT2D eigenvalue weighted by Gasteiger charge is -2.15. The smallest absolute Gasteiger partial charge is 0.255 e. The Morgan fingerprint density at radius 1 is 1.30 bits per heavy atom. The standard InChI is InChI=1S/C15H19N3OS/c1-9(12-5-7-13(20-4)8-6-12)16-15(19)14-10(2)17-18-11(14)3/h5-9H,1-4H3,(H,16,19)(H,17,18). The van der Waals surface area contributed by atoms with E-state index in [1.807, 2.05) is 39.2 Å². The summed E-state index contributed by atoms with van der Waals surface area (Å²) in [6.07, 6.45) is 2.05. The van der Waals surface area contributed by atoms with Crippen molar-refractivity contribution in [1.82, 2.24) is 15.5 Å². The molecule has 0 aliphatic carbocycles. The van der Waals surface area contributed by atoms with Crippen molar-refractivity contribution in [2.45, 2.75) is 31.7 Å². The van der Waals surface area contributed by atoms with Gasteiger partial charge in [-0.05, 0) is 44.7 Å². The molecule has 1 unspecified atom stereocenters. The van der Waals surface area contributed by atoms with E-state index in [1.54, 1.807) is 11.8 Å². The number of rotatable bonds is 4. The molecular formula is C15H19N3OS. The maximum absolute atomic E-state index is 12.3. The first-order valence-electron chi connectivity index (χ1n) is 6.49. The molecular weight excluding hydrogens is 270 g/mol. The van der Waals surface area contributed by atoms with Gasteiger partial charge >= 0.3 is 0 Å². The van der Waals surface area contributed by atoms with Gasteiger partial charge in [0.2, 0.25) is 0 Å². The van der Waals surface area contributed by atoms with Gasteiger partial charge in [0.1, 0.15) is 0 Å². The second-order valence-corrected chi connectivity index (χ2v) is 5.66. The Labute approximate surface area is 123 Å². The fourth-order valence-corrected chi connectivity index (χ4v) is 2.54. The number of thioether (sulfide) groups is 1. The maximum atomic E-state index is 12.3. The van der Waals surface area contributed by atoms with Crippen LogP contribution in [0.4, 0.5) is 0 Å². The number of nitrogens with one attached hydrogen (secondary N) is 2. The highest BCUT2D eigenvalue weighted by Gasteiger charge is 2.17. The molecule has 2 aromatic rings. The van der Waals surface area contributed by atoms with Crippen molar-refractivity contribution in [1.29, 1.82) is 0 Å². The monoisotopic (exact) mass is 289 g/mol.